The Kier molecular flexibility index (Phi) is 2.60. The van der Waals surface area contributed by atoms with Crippen molar-refractivity contribution in [3.05, 3.63) is 34.9 Å². The molecule has 0 amide bonds. The third-order valence-electron chi connectivity index (χ3n) is 3.20. The van der Waals surface area contributed by atoms with Gasteiger partial charge in [0.1, 0.15) is 0 Å². The summed E-state index contributed by atoms with van der Waals surface area (Å²) in [6, 6.07) is 7.10. The number of hydrogen-bond acceptors (Lipinski definition) is 1. The van der Waals surface area contributed by atoms with Crippen LogP contribution < -0.4 is 5.73 Å². The van der Waals surface area contributed by atoms with E-state index in [0.29, 0.717) is 5.92 Å². The highest BCUT2D eigenvalue weighted by Gasteiger charge is 2.17. The van der Waals surface area contributed by atoms with Crippen molar-refractivity contribution in [3.63, 3.8) is 0 Å². The first-order valence-electron chi connectivity index (χ1n) is 5.57. The van der Waals surface area contributed by atoms with E-state index in [4.69, 9.17) is 5.73 Å². The van der Waals surface area contributed by atoms with Crippen molar-refractivity contribution in [2.24, 2.45) is 5.73 Å². The van der Waals surface area contributed by atoms with Crippen LogP contribution in [0.1, 0.15) is 55.3 Å². The maximum atomic E-state index is 6.12. The van der Waals surface area contributed by atoms with Crippen molar-refractivity contribution < 1.29 is 0 Å². The van der Waals surface area contributed by atoms with Crippen LogP contribution in [0.5, 0.6) is 0 Å². The molecule has 2 rings (SSSR count). The van der Waals surface area contributed by atoms with Gasteiger partial charge in [-0.2, -0.15) is 0 Å². The van der Waals surface area contributed by atoms with Gasteiger partial charge in [0.05, 0.1) is 0 Å². The van der Waals surface area contributed by atoms with Gasteiger partial charge in [-0.25, -0.2) is 0 Å². The SMILES string of the molecule is CC(C)c1ccc2c(c1)C(N)CCC2. The summed E-state index contributed by atoms with van der Waals surface area (Å²) in [6.07, 6.45) is 3.60. The lowest BCUT2D eigenvalue weighted by Crippen LogP contribution is -2.17. The van der Waals surface area contributed by atoms with Crippen LogP contribution in [-0.4, -0.2) is 0 Å². The van der Waals surface area contributed by atoms with Crippen LogP contribution in [-0.2, 0) is 6.42 Å². The largest absolute Gasteiger partial charge is 0.324 e. The summed E-state index contributed by atoms with van der Waals surface area (Å²) >= 11 is 0. The highest BCUT2D eigenvalue weighted by atomic mass is 14.6. The van der Waals surface area contributed by atoms with Crippen molar-refractivity contribution in [3.8, 4) is 0 Å². The molecule has 0 saturated heterocycles. The topological polar surface area (TPSA) is 26.0 Å². The summed E-state index contributed by atoms with van der Waals surface area (Å²) in [4.78, 5) is 0. The smallest absolute Gasteiger partial charge is 0.0297 e. The quantitative estimate of drug-likeness (QED) is 0.721. The molecule has 14 heavy (non-hydrogen) atoms. The Morgan fingerprint density at radius 3 is 2.86 bits per heavy atom. The number of hydrogen-bond donors (Lipinski definition) is 1. The minimum absolute atomic E-state index is 0.275. The molecule has 76 valence electrons. The Morgan fingerprint density at radius 1 is 1.36 bits per heavy atom. The van der Waals surface area contributed by atoms with Gasteiger partial charge >= 0.3 is 0 Å². The van der Waals surface area contributed by atoms with Crippen LogP contribution in [0, 0.1) is 0 Å². The van der Waals surface area contributed by atoms with Crippen LogP contribution in [0.4, 0.5) is 0 Å². The van der Waals surface area contributed by atoms with Gasteiger partial charge in [-0.05, 0) is 41.9 Å². The van der Waals surface area contributed by atoms with Gasteiger partial charge in [0, 0.05) is 6.04 Å². The molecule has 0 spiro atoms. The fourth-order valence-corrected chi connectivity index (χ4v) is 2.21. The third kappa shape index (κ3) is 1.69. The van der Waals surface area contributed by atoms with Gasteiger partial charge in [-0.3, -0.25) is 0 Å². The lowest BCUT2D eigenvalue weighted by Gasteiger charge is -2.23. The van der Waals surface area contributed by atoms with Crippen LogP contribution >= 0.6 is 0 Å². The van der Waals surface area contributed by atoms with Crippen molar-refractivity contribution >= 4 is 0 Å². The molecule has 0 aliphatic heterocycles. The second kappa shape index (κ2) is 3.74. The minimum atomic E-state index is 0.275. The number of benzene rings is 1. The summed E-state index contributed by atoms with van der Waals surface area (Å²) in [5.41, 5.74) is 10.4. The molecule has 2 N–H and O–H groups in total. The van der Waals surface area contributed by atoms with Gasteiger partial charge in [-0.15, -0.1) is 0 Å². The summed E-state index contributed by atoms with van der Waals surface area (Å²) in [6.45, 7) is 4.46. The van der Waals surface area contributed by atoms with E-state index in [1.807, 2.05) is 0 Å². The zero-order valence-corrected chi connectivity index (χ0v) is 9.09. The molecular formula is C13H19N. The van der Waals surface area contributed by atoms with E-state index in [1.54, 1.807) is 0 Å². The molecule has 0 bridgehead atoms. The van der Waals surface area contributed by atoms with Crippen molar-refractivity contribution in [2.75, 3.05) is 0 Å². The van der Waals surface area contributed by atoms with Crippen LogP contribution in [0.2, 0.25) is 0 Å². The Balaban J connectivity index is 2.41. The van der Waals surface area contributed by atoms with Crippen molar-refractivity contribution in [1.29, 1.82) is 0 Å². The number of aryl methyl sites for hydroxylation is 1. The summed E-state index contributed by atoms with van der Waals surface area (Å²) in [5.74, 6) is 0.606. The monoisotopic (exact) mass is 189 g/mol. The standard InChI is InChI=1S/C13H19N/c1-9(2)11-7-6-10-4-3-5-13(14)12(10)8-11/h6-9,13H,3-5,14H2,1-2H3. The number of rotatable bonds is 1. The first kappa shape index (κ1) is 9.72. The van der Waals surface area contributed by atoms with Gasteiger partial charge in [0.15, 0.2) is 0 Å². The lowest BCUT2D eigenvalue weighted by atomic mass is 9.85. The van der Waals surface area contributed by atoms with Crippen LogP contribution in [0.25, 0.3) is 0 Å². The number of fused-ring (bicyclic) bond motifs is 1. The van der Waals surface area contributed by atoms with Crippen LogP contribution in [0.15, 0.2) is 18.2 Å². The Morgan fingerprint density at radius 2 is 2.14 bits per heavy atom. The predicted octanol–water partition coefficient (Wildman–Crippen LogP) is 3.15. The molecule has 1 aromatic rings. The molecule has 1 atom stereocenters. The zero-order chi connectivity index (χ0) is 10.1. The third-order valence-corrected chi connectivity index (χ3v) is 3.20. The Hall–Kier alpha value is -0.820. The van der Waals surface area contributed by atoms with E-state index in [2.05, 4.69) is 32.0 Å². The van der Waals surface area contributed by atoms with Gasteiger partial charge in [-0.1, -0.05) is 32.0 Å². The predicted molar refractivity (Wildman–Crippen MR) is 60.4 cm³/mol. The van der Waals surface area contributed by atoms with E-state index >= 15 is 0 Å². The van der Waals surface area contributed by atoms with Gasteiger partial charge < -0.3 is 5.73 Å². The highest BCUT2D eigenvalue weighted by molar-refractivity contribution is 5.37. The fraction of sp³-hybridized carbons (Fsp3) is 0.538. The van der Waals surface area contributed by atoms with Crippen LogP contribution in [0.3, 0.4) is 0 Å². The Labute approximate surface area is 86.3 Å². The molecular weight excluding hydrogens is 170 g/mol. The van der Waals surface area contributed by atoms with E-state index in [1.165, 1.54) is 29.5 Å². The number of nitrogens with two attached hydrogens (primary N) is 1. The molecule has 1 unspecified atom stereocenters. The normalized spacial score (nSPS) is 21.0. The van der Waals surface area contributed by atoms with E-state index in [0.717, 1.165) is 6.42 Å². The maximum Gasteiger partial charge on any atom is 0.0297 e. The second-order valence-corrected chi connectivity index (χ2v) is 4.61. The first-order chi connectivity index (χ1) is 6.68. The van der Waals surface area contributed by atoms with Crippen molar-refractivity contribution in [1.82, 2.24) is 0 Å². The average Bonchev–Trinajstić information content (AvgIpc) is 2.18. The van der Waals surface area contributed by atoms with E-state index in [-0.39, 0.29) is 6.04 Å². The molecule has 1 aliphatic rings. The molecule has 1 aromatic carbocycles. The zero-order valence-electron chi connectivity index (χ0n) is 9.09. The summed E-state index contributed by atoms with van der Waals surface area (Å²) < 4.78 is 0. The molecule has 0 saturated carbocycles. The molecule has 1 heteroatoms. The fourth-order valence-electron chi connectivity index (χ4n) is 2.21. The molecule has 0 aromatic heterocycles. The van der Waals surface area contributed by atoms with Gasteiger partial charge in [0.2, 0.25) is 0 Å². The molecule has 1 nitrogen and oxygen atoms in total. The van der Waals surface area contributed by atoms with E-state index < -0.39 is 0 Å². The molecule has 0 radical (unpaired) electrons. The van der Waals surface area contributed by atoms with Gasteiger partial charge in [0.25, 0.3) is 0 Å². The van der Waals surface area contributed by atoms with E-state index in [9.17, 15) is 0 Å². The Bertz CT molecular complexity index is 328. The molecule has 1 aliphatic carbocycles. The van der Waals surface area contributed by atoms with Crippen molar-refractivity contribution in [2.45, 2.75) is 45.1 Å². The first-order valence-corrected chi connectivity index (χ1v) is 5.57. The summed E-state index contributed by atoms with van der Waals surface area (Å²) in [7, 11) is 0. The maximum absolute atomic E-state index is 6.12. The highest BCUT2D eigenvalue weighted by Crippen LogP contribution is 2.30. The molecule has 0 fully saturated rings. The second-order valence-electron chi connectivity index (χ2n) is 4.61. The average molecular weight is 189 g/mol. The summed E-state index contributed by atoms with van der Waals surface area (Å²) in [5, 5.41) is 0. The lowest BCUT2D eigenvalue weighted by molar-refractivity contribution is 0.569. The molecule has 0 heterocycles. The minimum Gasteiger partial charge on any atom is -0.324 e.